The molecule has 0 atom stereocenters. The lowest BCUT2D eigenvalue weighted by molar-refractivity contribution is -0.118. The van der Waals surface area contributed by atoms with Crippen LogP contribution in [0.25, 0.3) is 5.69 Å². The Labute approximate surface area is 141 Å². The van der Waals surface area contributed by atoms with Crippen LogP contribution in [-0.2, 0) is 17.6 Å². The molecule has 1 aromatic heterocycles. The van der Waals surface area contributed by atoms with Gasteiger partial charge in [0.25, 0.3) is 0 Å². The number of carbonyl (C=O) groups excluding carboxylic acids is 1. The fourth-order valence-electron chi connectivity index (χ4n) is 2.82. The Balaban J connectivity index is 1.86. The number of nitrogens with one attached hydrogen (secondary N) is 1. The van der Waals surface area contributed by atoms with Crippen LogP contribution in [0.2, 0.25) is 0 Å². The second kappa shape index (κ2) is 7.51. The number of carbonyl (C=O) groups is 1. The van der Waals surface area contributed by atoms with Gasteiger partial charge >= 0.3 is 0 Å². The number of benzene rings is 1. The summed E-state index contributed by atoms with van der Waals surface area (Å²) in [6, 6.07) is 10.3. The number of hydrogen-bond donors (Lipinski definition) is 1. The highest BCUT2D eigenvalue weighted by atomic mass is 32.2. The van der Waals surface area contributed by atoms with Crippen molar-refractivity contribution >= 4 is 17.7 Å². The van der Waals surface area contributed by atoms with Crippen molar-refractivity contribution in [3.63, 3.8) is 0 Å². The first-order valence-electron chi connectivity index (χ1n) is 7.96. The molecule has 0 unspecified atom stereocenters. The van der Waals surface area contributed by atoms with Crippen LogP contribution in [0.4, 0.5) is 0 Å². The van der Waals surface area contributed by atoms with Crippen LogP contribution in [0, 0.1) is 0 Å². The Morgan fingerprint density at radius 2 is 2.09 bits per heavy atom. The SMILES string of the molecule is C=CCNC(=O)CSc1nc2c(n1-c1ccccc1)CCCC2. The van der Waals surface area contributed by atoms with Gasteiger partial charge in [0.1, 0.15) is 0 Å². The minimum Gasteiger partial charge on any atom is -0.352 e. The summed E-state index contributed by atoms with van der Waals surface area (Å²) >= 11 is 1.50. The van der Waals surface area contributed by atoms with E-state index < -0.39 is 0 Å². The summed E-state index contributed by atoms with van der Waals surface area (Å²) in [5, 5.41) is 3.72. The van der Waals surface area contributed by atoms with Gasteiger partial charge in [0, 0.05) is 17.9 Å². The maximum atomic E-state index is 11.8. The standard InChI is InChI=1S/C18H21N3OS/c1-2-12-19-17(22)13-23-18-20-15-10-6-7-11-16(15)21(18)14-8-4-3-5-9-14/h2-5,8-9H,1,6-7,10-13H2,(H,19,22). The normalized spacial score (nSPS) is 13.4. The third-order valence-corrected chi connectivity index (χ3v) is 4.83. The molecular weight excluding hydrogens is 306 g/mol. The predicted molar refractivity (Wildman–Crippen MR) is 94.1 cm³/mol. The molecule has 0 radical (unpaired) electrons. The van der Waals surface area contributed by atoms with Gasteiger partial charge in [-0.25, -0.2) is 4.98 Å². The zero-order valence-corrected chi connectivity index (χ0v) is 13.9. The number of para-hydroxylation sites is 1. The summed E-state index contributed by atoms with van der Waals surface area (Å²) in [5.41, 5.74) is 3.61. The fraction of sp³-hybridized carbons (Fsp3) is 0.333. The van der Waals surface area contributed by atoms with E-state index in [1.54, 1.807) is 6.08 Å². The van der Waals surface area contributed by atoms with E-state index in [9.17, 15) is 4.79 Å². The number of rotatable bonds is 6. The van der Waals surface area contributed by atoms with Gasteiger partial charge in [-0.3, -0.25) is 9.36 Å². The molecule has 0 spiro atoms. The van der Waals surface area contributed by atoms with Crippen molar-refractivity contribution in [1.29, 1.82) is 0 Å². The highest BCUT2D eigenvalue weighted by Gasteiger charge is 2.21. The van der Waals surface area contributed by atoms with Gasteiger partial charge in [-0.1, -0.05) is 36.0 Å². The zero-order chi connectivity index (χ0) is 16.1. The first-order chi connectivity index (χ1) is 11.3. The van der Waals surface area contributed by atoms with Gasteiger partial charge in [-0.15, -0.1) is 6.58 Å². The zero-order valence-electron chi connectivity index (χ0n) is 13.1. The van der Waals surface area contributed by atoms with Crippen molar-refractivity contribution < 1.29 is 4.79 Å². The monoisotopic (exact) mass is 327 g/mol. The Morgan fingerprint density at radius 1 is 1.30 bits per heavy atom. The second-order valence-corrected chi connectivity index (χ2v) is 6.49. The summed E-state index contributed by atoms with van der Waals surface area (Å²) in [5.74, 6) is 0.381. The molecule has 1 aliphatic rings. The average molecular weight is 327 g/mol. The van der Waals surface area contributed by atoms with Gasteiger partial charge in [-0.05, 0) is 37.8 Å². The first-order valence-corrected chi connectivity index (χ1v) is 8.94. The molecule has 0 saturated heterocycles. The minimum atomic E-state index is 0.00971. The number of amides is 1. The van der Waals surface area contributed by atoms with Crippen LogP contribution in [0.5, 0.6) is 0 Å². The quantitative estimate of drug-likeness (QED) is 0.655. The lowest BCUT2D eigenvalue weighted by Crippen LogP contribution is -2.25. The molecule has 0 fully saturated rings. The van der Waals surface area contributed by atoms with Crippen LogP contribution in [0.1, 0.15) is 24.2 Å². The Morgan fingerprint density at radius 3 is 2.87 bits per heavy atom. The lowest BCUT2D eigenvalue weighted by Gasteiger charge is -2.15. The van der Waals surface area contributed by atoms with Gasteiger partial charge in [0.05, 0.1) is 11.4 Å². The topological polar surface area (TPSA) is 46.9 Å². The number of fused-ring (bicyclic) bond motifs is 1. The molecule has 0 saturated carbocycles. The fourth-order valence-corrected chi connectivity index (χ4v) is 3.70. The second-order valence-electron chi connectivity index (χ2n) is 5.55. The highest BCUT2D eigenvalue weighted by Crippen LogP contribution is 2.30. The molecule has 0 aliphatic heterocycles. The van der Waals surface area contributed by atoms with Crippen molar-refractivity contribution in [2.45, 2.75) is 30.8 Å². The van der Waals surface area contributed by atoms with Gasteiger partial charge in [0.2, 0.25) is 5.91 Å². The molecule has 2 aromatic rings. The smallest absolute Gasteiger partial charge is 0.230 e. The Kier molecular flexibility index (Phi) is 5.18. The van der Waals surface area contributed by atoms with Crippen molar-refractivity contribution in [1.82, 2.24) is 14.9 Å². The summed E-state index contributed by atoms with van der Waals surface area (Å²) in [6.45, 7) is 4.11. The van der Waals surface area contributed by atoms with E-state index >= 15 is 0 Å². The molecule has 1 aromatic carbocycles. The molecule has 120 valence electrons. The minimum absolute atomic E-state index is 0.00971. The number of hydrogen-bond acceptors (Lipinski definition) is 3. The van der Waals surface area contributed by atoms with Crippen LogP contribution >= 0.6 is 11.8 Å². The largest absolute Gasteiger partial charge is 0.352 e. The predicted octanol–water partition coefficient (Wildman–Crippen LogP) is 3.15. The van der Waals surface area contributed by atoms with E-state index in [-0.39, 0.29) is 5.91 Å². The number of nitrogens with zero attached hydrogens (tertiary/aromatic N) is 2. The molecule has 1 heterocycles. The number of aryl methyl sites for hydroxylation is 1. The van der Waals surface area contributed by atoms with Gasteiger partial charge in [-0.2, -0.15) is 0 Å². The van der Waals surface area contributed by atoms with Crippen molar-refractivity contribution in [2.24, 2.45) is 0 Å². The lowest BCUT2D eigenvalue weighted by atomic mass is 10.0. The molecule has 23 heavy (non-hydrogen) atoms. The summed E-state index contributed by atoms with van der Waals surface area (Å²) in [6.07, 6.45) is 6.18. The van der Waals surface area contributed by atoms with E-state index in [1.165, 1.54) is 36.0 Å². The molecule has 4 nitrogen and oxygen atoms in total. The molecule has 0 bridgehead atoms. The third-order valence-electron chi connectivity index (χ3n) is 3.89. The molecule has 1 amide bonds. The van der Waals surface area contributed by atoms with Crippen molar-refractivity contribution in [3.05, 3.63) is 54.4 Å². The first kappa shape index (κ1) is 15.9. The third kappa shape index (κ3) is 3.67. The number of thioether (sulfide) groups is 1. The summed E-state index contributed by atoms with van der Waals surface area (Å²) in [4.78, 5) is 16.7. The summed E-state index contributed by atoms with van der Waals surface area (Å²) < 4.78 is 2.22. The Bertz CT molecular complexity index is 694. The number of imidazole rings is 1. The highest BCUT2D eigenvalue weighted by molar-refractivity contribution is 7.99. The number of aromatic nitrogens is 2. The van der Waals surface area contributed by atoms with E-state index in [0.29, 0.717) is 12.3 Å². The maximum Gasteiger partial charge on any atom is 0.230 e. The van der Waals surface area contributed by atoms with Crippen LogP contribution in [0.15, 0.2) is 48.1 Å². The molecule has 3 rings (SSSR count). The van der Waals surface area contributed by atoms with E-state index in [2.05, 4.69) is 28.6 Å². The van der Waals surface area contributed by atoms with E-state index in [0.717, 1.165) is 23.7 Å². The molecular formula is C18H21N3OS. The van der Waals surface area contributed by atoms with E-state index in [4.69, 9.17) is 4.98 Å². The molecule has 1 aliphatic carbocycles. The average Bonchev–Trinajstić information content (AvgIpc) is 2.97. The maximum absolute atomic E-state index is 11.8. The molecule has 1 N–H and O–H groups in total. The van der Waals surface area contributed by atoms with Crippen LogP contribution in [-0.4, -0.2) is 27.8 Å². The van der Waals surface area contributed by atoms with Gasteiger partial charge in [0.15, 0.2) is 5.16 Å². The van der Waals surface area contributed by atoms with E-state index in [1.807, 2.05) is 18.2 Å². The van der Waals surface area contributed by atoms with Crippen LogP contribution < -0.4 is 5.32 Å². The Hall–Kier alpha value is -2.01. The van der Waals surface area contributed by atoms with Crippen LogP contribution in [0.3, 0.4) is 0 Å². The van der Waals surface area contributed by atoms with Gasteiger partial charge < -0.3 is 5.32 Å². The van der Waals surface area contributed by atoms with Crippen molar-refractivity contribution in [3.8, 4) is 5.69 Å². The summed E-state index contributed by atoms with van der Waals surface area (Å²) in [7, 11) is 0. The van der Waals surface area contributed by atoms with Crippen molar-refractivity contribution in [2.75, 3.05) is 12.3 Å². The molecule has 5 heteroatoms.